The molecule has 1 N–H and O–H groups in total. The Balaban J connectivity index is 1.84. The fraction of sp³-hybridized carbons (Fsp3) is 0.500. The number of carbonyl (C=O) groups is 2. The first-order valence-electron chi connectivity index (χ1n) is 10.3. The summed E-state index contributed by atoms with van der Waals surface area (Å²) < 4.78 is 5.36. The standard InChI is InChI=1S/C22H28N4O4/c1-13(2)9-17-12-26(19(10-14(3)4)21(27)23-17)22(28)18-11-20(30-25-18)15-5-7-16(24-29)8-6-15/h5-8,11,13-14,17,19H,9-10,12H2,1-4H3,(H,23,27)/t17-,19-/m0/s1. The van der Waals surface area contributed by atoms with Gasteiger partial charge >= 0.3 is 0 Å². The van der Waals surface area contributed by atoms with E-state index >= 15 is 0 Å². The molecule has 1 saturated heterocycles. The van der Waals surface area contributed by atoms with Gasteiger partial charge in [0.15, 0.2) is 11.5 Å². The summed E-state index contributed by atoms with van der Waals surface area (Å²) in [5.41, 5.74) is 1.15. The van der Waals surface area contributed by atoms with Gasteiger partial charge in [0.1, 0.15) is 11.7 Å². The van der Waals surface area contributed by atoms with E-state index in [1.807, 2.05) is 13.8 Å². The van der Waals surface area contributed by atoms with Crippen LogP contribution < -0.4 is 5.32 Å². The van der Waals surface area contributed by atoms with Gasteiger partial charge in [-0.1, -0.05) is 32.9 Å². The van der Waals surface area contributed by atoms with Gasteiger partial charge in [-0.3, -0.25) is 9.59 Å². The van der Waals surface area contributed by atoms with Gasteiger partial charge in [-0.15, -0.1) is 4.91 Å². The molecule has 0 unspecified atom stereocenters. The van der Waals surface area contributed by atoms with Gasteiger partial charge in [-0.2, -0.15) is 0 Å². The van der Waals surface area contributed by atoms with Crippen LogP contribution in [0.15, 0.2) is 40.0 Å². The van der Waals surface area contributed by atoms with Gasteiger partial charge in [0.25, 0.3) is 5.91 Å². The first-order chi connectivity index (χ1) is 14.3. The van der Waals surface area contributed by atoms with Crippen molar-refractivity contribution in [2.24, 2.45) is 17.0 Å². The van der Waals surface area contributed by atoms with E-state index in [1.165, 1.54) is 0 Å². The predicted octanol–water partition coefficient (Wildman–Crippen LogP) is 4.14. The number of carbonyl (C=O) groups excluding carboxylic acids is 2. The molecule has 2 heterocycles. The molecule has 1 fully saturated rings. The van der Waals surface area contributed by atoms with E-state index in [0.29, 0.717) is 35.9 Å². The molecule has 2 atom stereocenters. The molecule has 0 spiro atoms. The van der Waals surface area contributed by atoms with Crippen molar-refractivity contribution in [3.8, 4) is 11.3 Å². The Morgan fingerprint density at radius 3 is 2.47 bits per heavy atom. The molecular formula is C22H28N4O4. The molecule has 2 amide bonds. The number of aromatic nitrogens is 1. The highest BCUT2D eigenvalue weighted by atomic mass is 16.5. The molecule has 2 aromatic rings. The number of piperazine rings is 1. The van der Waals surface area contributed by atoms with Gasteiger partial charge < -0.3 is 14.7 Å². The van der Waals surface area contributed by atoms with Crippen LogP contribution in [0, 0.1) is 16.7 Å². The SMILES string of the molecule is CC(C)C[C@H]1CN(C(=O)c2cc(-c3ccc(N=O)cc3)on2)[C@@H](CC(C)C)C(=O)N1. The van der Waals surface area contributed by atoms with E-state index in [9.17, 15) is 14.5 Å². The van der Waals surface area contributed by atoms with Crippen molar-refractivity contribution < 1.29 is 14.1 Å². The highest BCUT2D eigenvalue weighted by Crippen LogP contribution is 2.26. The summed E-state index contributed by atoms with van der Waals surface area (Å²) in [6.07, 6.45) is 1.38. The van der Waals surface area contributed by atoms with Crippen LogP contribution in [0.4, 0.5) is 5.69 Å². The third kappa shape index (κ3) is 4.93. The first-order valence-corrected chi connectivity index (χ1v) is 10.3. The molecule has 30 heavy (non-hydrogen) atoms. The summed E-state index contributed by atoms with van der Waals surface area (Å²) in [6, 6.07) is 7.45. The van der Waals surface area contributed by atoms with E-state index in [1.54, 1.807) is 35.2 Å². The number of nitroso groups, excluding NO2 is 1. The molecule has 1 aliphatic rings. The highest BCUT2D eigenvalue weighted by molar-refractivity contribution is 5.97. The highest BCUT2D eigenvalue weighted by Gasteiger charge is 2.38. The van der Waals surface area contributed by atoms with Crippen LogP contribution in [-0.4, -0.2) is 40.5 Å². The molecule has 0 radical (unpaired) electrons. The summed E-state index contributed by atoms with van der Waals surface area (Å²) in [5.74, 6) is 0.642. The Kier molecular flexibility index (Phi) is 6.64. The lowest BCUT2D eigenvalue weighted by Gasteiger charge is -2.40. The second-order valence-corrected chi connectivity index (χ2v) is 8.65. The Bertz CT molecular complexity index is 904. The Morgan fingerprint density at radius 1 is 1.20 bits per heavy atom. The van der Waals surface area contributed by atoms with Crippen LogP contribution in [0.1, 0.15) is 51.0 Å². The fourth-order valence-corrected chi connectivity index (χ4v) is 3.80. The molecule has 0 bridgehead atoms. The van der Waals surface area contributed by atoms with Crippen LogP contribution in [-0.2, 0) is 4.79 Å². The minimum Gasteiger partial charge on any atom is -0.355 e. The fourth-order valence-electron chi connectivity index (χ4n) is 3.80. The topological polar surface area (TPSA) is 105 Å². The van der Waals surface area contributed by atoms with Crippen molar-refractivity contribution >= 4 is 17.5 Å². The quantitative estimate of drug-likeness (QED) is 0.688. The predicted molar refractivity (Wildman–Crippen MR) is 113 cm³/mol. The van der Waals surface area contributed by atoms with Crippen LogP contribution in [0.3, 0.4) is 0 Å². The number of benzene rings is 1. The summed E-state index contributed by atoms with van der Waals surface area (Å²) >= 11 is 0. The molecule has 0 aliphatic carbocycles. The molecule has 8 nitrogen and oxygen atoms in total. The smallest absolute Gasteiger partial charge is 0.276 e. The third-order valence-electron chi connectivity index (χ3n) is 5.14. The number of hydrogen-bond donors (Lipinski definition) is 1. The van der Waals surface area contributed by atoms with Gasteiger partial charge in [-0.25, -0.2) is 0 Å². The van der Waals surface area contributed by atoms with Crippen LogP contribution in [0.2, 0.25) is 0 Å². The summed E-state index contributed by atoms with van der Waals surface area (Å²) in [7, 11) is 0. The summed E-state index contributed by atoms with van der Waals surface area (Å²) in [4.78, 5) is 38.3. The zero-order valence-corrected chi connectivity index (χ0v) is 17.8. The molecule has 0 saturated carbocycles. The lowest BCUT2D eigenvalue weighted by Crippen LogP contribution is -2.62. The Morgan fingerprint density at radius 2 is 1.87 bits per heavy atom. The van der Waals surface area contributed by atoms with E-state index in [0.717, 1.165) is 6.42 Å². The zero-order chi connectivity index (χ0) is 21.8. The van der Waals surface area contributed by atoms with Gasteiger partial charge in [0.05, 0.1) is 0 Å². The summed E-state index contributed by atoms with van der Waals surface area (Å²) in [5, 5.41) is 9.89. The molecule has 1 aromatic heterocycles. The van der Waals surface area contributed by atoms with E-state index in [4.69, 9.17) is 4.52 Å². The minimum atomic E-state index is -0.529. The maximum absolute atomic E-state index is 13.3. The molecule has 3 rings (SSSR count). The lowest BCUT2D eigenvalue weighted by atomic mass is 9.94. The van der Waals surface area contributed by atoms with E-state index < -0.39 is 6.04 Å². The van der Waals surface area contributed by atoms with Crippen molar-refractivity contribution in [2.45, 2.75) is 52.6 Å². The number of nitrogens with one attached hydrogen (secondary N) is 1. The molecular weight excluding hydrogens is 384 g/mol. The third-order valence-corrected chi connectivity index (χ3v) is 5.14. The average molecular weight is 412 g/mol. The maximum Gasteiger partial charge on any atom is 0.276 e. The number of rotatable bonds is 7. The minimum absolute atomic E-state index is 0.0837. The number of hydrogen-bond acceptors (Lipinski definition) is 6. The first kappa shape index (κ1) is 21.7. The summed E-state index contributed by atoms with van der Waals surface area (Å²) in [6.45, 7) is 8.69. The van der Waals surface area contributed by atoms with Crippen LogP contribution >= 0.6 is 0 Å². The van der Waals surface area contributed by atoms with Crippen molar-refractivity contribution in [1.29, 1.82) is 0 Å². The van der Waals surface area contributed by atoms with Crippen molar-refractivity contribution in [1.82, 2.24) is 15.4 Å². The maximum atomic E-state index is 13.3. The Labute approximate surface area is 176 Å². The second-order valence-electron chi connectivity index (χ2n) is 8.65. The van der Waals surface area contributed by atoms with Gasteiger partial charge in [0, 0.05) is 24.2 Å². The van der Waals surface area contributed by atoms with E-state index in [-0.39, 0.29) is 29.5 Å². The van der Waals surface area contributed by atoms with Crippen LogP contribution in [0.25, 0.3) is 11.3 Å². The number of nitrogens with zero attached hydrogens (tertiary/aromatic N) is 3. The second kappa shape index (κ2) is 9.19. The molecule has 1 aromatic carbocycles. The Hall–Kier alpha value is -3.03. The average Bonchev–Trinajstić information content (AvgIpc) is 3.19. The lowest BCUT2D eigenvalue weighted by molar-refractivity contribution is -0.130. The normalized spacial score (nSPS) is 19.3. The monoisotopic (exact) mass is 412 g/mol. The van der Waals surface area contributed by atoms with E-state index in [2.05, 4.69) is 29.5 Å². The van der Waals surface area contributed by atoms with Crippen molar-refractivity contribution in [3.63, 3.8) is 0 Å². The van der Waals surface area contributed by atoms with Crippen LogP contribution in [0.5, 0.6) is 0 Å². The molecule has 1 aliphatic heterocycles. The van der Waals surface area contributed by atoms with Gasteiger partial charge in [-0.05, 0) is 54.1 Å². The van der Waals surface area contributed by atoms with Gasteiger partial charge in [0.2, 0.25) is 5.91 Å². The van der Waals surface area contributed by atoms with Crippen molar-refractivity contribution in [2.75, 3.05) is 6.54 Å². The molecule has 160 valence electrons. The largest absolute Gasteiger partial charge is 0.355 e. The molecule has 8 heteroatoms. The zero-order valence-electron chi connectivity index (χ0n) is 17.8. The van der Waals surface area contributed by atoms with Crippen molar-refractivity contribution in [3.05, 3.63) is 40.9 Å². The number of amides is 2.